The van der Waals surface area contributed by atoms with Crippen LogP contribution in [0.2, 0.25) is 0 Å². The maximum absolute atomic E-state index is 12.0. The van der Waals surface area contributed by atoms with Gasteiger partial charge >= 0.3 is 5.97 Å². The maximum Gasteiger partial charge on any atom is 0.338 e. The number of carbonyl (C=O) groups excluding carboxylic acids is 2. The molecule has 2 aromatic rings. The molecule has 2 rings (SSSR count). The number of sulfonamides is 1. The Bertz CT molecular complexity index is 857. The average Bonchev–Trinajstić information content (AvgIpc) is 3.14. The second-order valence-corrected chi connectivity index (χ2v) is 7.84. The molecule has 0 unspecified atom stereocenters. The number of ether oxygens (including phenoxy) is 1. The predicted molar refractivity (Wildman–Crippen MR) is 92.9 cm³/mol. The predicted octanol–water partition coefficient (Wildman–Crippen LogP) is 1.56. The van der Waals surface area contributed by atoms with Gasteiger partial charge in [-0.05, 0) is 43.3 Å². The molecular weight excluding hydrogens is 360 g/mol. The van der Waals surface area contributed by atoms with E-state index in [1.165, 1.54) is 44.6 Å². The fraction of sp³-hybridized carbons (Fsp3) is 0.294. The maximum atomic E-state index is 12.0. The summed E-state index contributed by atoms with van der Waals surface area (Å²) in [5, 5.41) is 2.64. The third kappa shape index (κ3) is 4.70. The lowest BCUT2D eigenvalue weighted by Crippen LogP contribution is -2.31. The van der Waals surface area contributed by atoms with Crippen LogP contribution >= 0.6 is 0 Å². The van der Waals surface area contributed by atoms with Crippen molar-refractivity contribution in [1.82, 2.24) is 9.62 Å². The largest absolute Gasteiger partial charge is 0.467 e. The van der Waals surface area contributed by atoms with Crippen molar-refractivity contribution >= 4 is 21.9 Å². The first kappa shape index (κ1) is 19.7. The van der Waals surface area contributed by atoms with E-state index >= 15 is 0 Å². The normalized spacial score (nSPS) is 12.6. The molecule has 0 bridgehead atoms. The quantitative estimate of drug-likeness (QED) is 0.731. The van der Waals surface area contributed by atoms with Crippen LogP contribution in [0.25, 0.3) is 0 Å². The third-order valence-corrected chi connectivity index (χ3v) is 5.38. The average molecular weight is 380 g/mol. The molecule has 0 saturated carbocycles. The van der Waals surface area contributed by atoms with Crippen molar-refractivity contribution < 1.29 is 27.2 Å². The first-order valence-corrected chi connectivity index (χ1v) is 9.18. The van der Waals surface area contributed by atoms with Gasteiger partial charge in [-0.15, -0.1) is 0 Å². The molecule has 0 radical (unpaired) electrons. The highest BCUT2D eigenvalue weighted by Gasteiger charge is 2.18. The highest BCUT2D eigenvalue weighted by atomic mass is 32.2. The second-order valence-electron chi connectivity index (χ2n) is 5.69. The number of nitrogens with zero attached hydrogens (tertiary/aromatic N) is 1. The number of amides is 1. The van der Waals surface area contributed by atoms with Crippen LogP contribution in [0.3, 0.4) is 0 Å². The zero-order chi connectivity index (χ0) is 19.3. The Morgan fingerprint density at radius 2 is 1.85 bits per heavy atom. The number of nitrogens with one attached hydrogen (secondary N) is 1. The number of benzene rings is 1. The SMILES string of the molecule is C[C@@H](NC(=O)COC(=O)c1ccc(S(=O)(=O)N(C)C)cc1)c1ccco1. The van der Waals surface area contributed by atoms with E-state index in [4.69, 9.17) is 9.15 Å². The minimum absolute atomic E-state index is 0.0593. The van der Waals surface area contributed by atoms with E-state index < -0.39 is 28.5 Å². The van der Waals surface area contributed by atoms with Crippen molar-refractivity contribution in [1.29, 1.82) is 0 Å². The van der Waals surface area contributed by atoms with Crippen molar-refractivity contribution in [2.45, 2.75) is 17.9 Å². The van der Waals surface area contributed by atoms with Gasteiger partial charge < -0.3 is 14.5 Å². The fourth-order valence-electron chi connectivity index (χ4n) is 2.08. The summed E-state index contributed by atoms with van der Waals surface area (Å²) in [7, 11) is -0.739. The van der Waals surface area contributed by atoms with Gasteiger partial charge in [-0.1, -0.05) is 0 Å². The molecule has 1 aromatic carbocycles. The number of esters is 1. The Balaban J connectivity index is 1.90. The number of hydrogen-bond acceptors (Lipinski definition) is 6. The van der Waals surface area contributed by atoms with Crippen LogP contribution < -0.4 is 5.32 Å². The lowest BCUT2D eigenvalue weighted by atomic mass is 10.2. The molecule has 0 aliphatic carbocycles. The first-order chi connectivity index (χ1) is 12.2. The van der Waals surface area contributed by atoms with Gasteiger partial charge in [0.2, 0.25) is 10.0 Å². The molecule has 0 spiro atoms. The van der Waals surface area contributed by atoms with Gasteiger partial charge in [0.25, 0.3) is 5.91 Å². The molecule has 1 N–H and O–H groups in total. The molecule has 0 aliphatic heterocycles. The van der Waals surface area contributed by atoms with E-state index in [-0.39, 0.29) is 16.5 Å². The highest BCUT2D eigenvalue weighted by molar-refractivity contribution is 7.89. The summed E-state index contributed by atoms with van der Waals surface area (Å²) < 4.78 is 35.1. The number of furan rings is 1. The van der Waals surface area contributed by atoms with Crippen molar-refractivity contribution in [3.63, 3.8) is 0 Å². The summed E-state index contributed by atoms with van der Waals surface area (Å²) >= 11 is 0. The van der Waals surface area contributed by atoms with Crippen molar-refractivity contribution in [2.75, 3.05) is 20.7 Å². The standard InChI is InChI=1S/C17H20N2O6S/c1-12(15-5-4-10-24-15)18-16(20)11-25-17(21)13-6-8-14(9-7-13)26(22,23)19(2)3/h4-10,12H,11H2,1-3H3,(H,18,20)/t12-/m1/s1. The molecule has 26 heavy (non-hydrogen) atoms. The molecule has 1 amide bonds. The van der Waals surface area contributed by atoms with Gasteiger partial charge in [0.1, 0.15) is 5.76 Å². The monoisotopic (exact) mass is 380 g/mol. The van der Waals surface area contributed by atoms with E-state index in [1.807, 2.05) is 0 Å². The van der Waals surface area contributed by atoms with Crippen molar-refractivity contribution in [2.24, 2.45) is 0 Å². The summed E-state index contributed by atoms with van der Waals surface area (Å²) in [5.74, 6) is -0.615. The van der Waals surface area contributed by atoms with Crippen LogP contribution in [-0.4, -0.2) is 45.3 Å². The Labute approximate surface area is 151 Å². The van der Waals surface area contributed by atoms with Crippen LogP contribution in [0.1, 0.15) is 29.1 Å². The molecule has 0 aliphatic rings. The number of rotatable bonds is 7. The van der Waals surface area contributed by atoms with Gasteiger partial charge in [-0.3, -0.25) is 4.79 Å². The lowest BCUT2D eigenvalue weighted by molar-refractivity contribution is -0.125. The summed E-state index contributed by atoms with van der Waals surface area (Å²) in [4.78, 5) is 23.9. The molecule has 1 aromatic heterocycles. The fourth-order valence-corrected chi connectivity index (χ4v) is 2.98. The summed E-state index contributed by atoms with van der Waals surface area (Å²) in [5.41, 5.74) is 0.148. The van der Waals surface area contributed by atoms with Gasteiger partial charge in [0.05, 0.1) is 22.8 Å². The molecule has 0 fully saturated rings. The second kappa shape index (κ2) is 8.15. The van der Waals surface area contributed by atoms with Crippen LogP contribution in [0.5, 0.6) is 0 Å². The number of hydrogen-bond donors (Lipinski definition) is 1. The molecule has 9 heteroatoms. The molecular formula is C17H20N2O6S. The van der Waals surface area contributed by atoms with Crippen molar-refractivity contribution in [3.8, 4) is 0 Å². The first-order valence-electron chi connectivity index (χ1n) is 7.74. The van der Waals surface area contributed by atoms with E-state index in [9.17, 15) is 18.0 Å². The summed E-state index contributed by atoms with van der Waals surface area (Å²) in [6.07, 6.45) is 1.50. The van der Waals surface area contributed by atoms with E-state index in [0.29, 0.717) is 5.76 Å². The van der Waals surface area contributed by atoms with E-state index in [2.05, 4.69) is 5.32 Å². The zero-order valence-corrected chi connectivity index (χ0v) is 15.4. The zero-order valence-electron chi connectivity index (χ0n) is 14.6. The summed E-state index contributed by atoms with van der Waals surface area (Å²) in [6.45, 7) is 1.28. The molecule has 0 saturated heterocycles. The number of carbonyl (C=O) groups is 2. The molecule has 140 valence electrons. The van der Waals surface area contributed by atoms with Crippen LogP contribution in [0.4, 0.5) is 0 Å². The van der Waals surface area contributed by atoms with Crippen LogP contribution in [0.15, 0.2) is 52.0 Å². The Morgan fingerprint density at radius 3 is 2.38 bits per heavy atom. The Kier molecular flexibility index (Phi) is 6.17. The topological polar surface area (TPSA) is 106 Å². The Hall–Kier alpha value is -2.65. The highest BCUT2D eigenvalue weighted by Crippen LogP contribution is 2.15. The van der Waals surface area contributed by atoms with Gasteiger partial charge in [0.15, 0.2) is 6.61 Å². The van der Waals surface area contributed by atoms with E-state index in [0.717, 1.165) is 4.31 Å². The van der Waals surface area contributed by atoms with E-state index in [1.54, 1.807) is 19.1 Å². The minimum Gasteiger partial charge on any atom is -0.467 e. The third-order valence-electron chi connectivity index (χ3n) is 3.55. The molecule has 1 atom stereocenters. The smallest absolute Gasteiger partial charge is 0.338 e. The van der Waals surface area contributed by atoms with Gasteiger partial charge in [-0.2, -0.15) is 0 Å². The van der Waals surface area contributed by atoms with Crippen LogP contribution in [-0.2, 0) is 19.6 Å². The molecule has 1 heterocycles. The Morgan fingerprint density at radius 1 is 1.19 bits per heavy atom. The van der Waals surface area contributed by atoms with Gasteiger partial charge in [-0.25, -0.2) is 17.5 Å². The van der Waals surface area contributed by atoms with Crippen molar-refractivity contribution in [3.05, 3.63) is 54.0 Å². The van der Waals surface area contributed by atoms with Gasteiger partial charge in [0, 0.05) is 14.1 Å². The minimum atomic E-state index is -3.57. The van der Waals surface area contributed by atoms with Crippen LogP contribution in [0, 0.1) is 0 Å². The summed E-state index contributed by atoms with van der Waals surface area (Å²) in [6, 6.07) is 8.37. The lowest BCUT2D eigenvalue weighted by Gasteiger charge is -2.12. The molecule has 8 nitrogen and oxygen atoms in total.